The van der Waals surface area contributed by atoms with E-state index in [1.165, 1.54) is 0 Å². The summed E-state index contributed by atoms with van der Waals surface area (Å²) in [6, 6.07) is 0. The van der Waals surface area contributed by atoms with Crippen molar-refractivity contribution in [2.75, 3.05) is 6.61 Å². The van der Waals surface area contributed by atoms with Crippen molar-refractivity contribution in [2.45, 2.75) is 26.7 Å². The van der Waals surface area contributed by atoms with Gasteiger partial charge in [-0.05, 0) is 13.3 Å². The molecule has 0 atom stereocenters. The number of hydrogen-bond acceptors (Lipinski definition) is 2. The van der Waals surface area contributed by atoms with Gasteiger partial charge in [-0.15, -0.1) is 0 Å². The third-order valence-corrected chi connectivity index (χ3v) is 0.464. The van der Waals surface area contributed by atoms with E-state index in [0.29, 0.717) is 6.42 Å². The molecule has 0 spiro atoms. The first-order chi connectivity index (χ1) is 4.18. The van der Waals surface area contributed by atoms with Crippen LogP contribution in [-0.2, 0) is 26.5 Å². The van der Waals surface area contributed by atoms with E-state index in [1.54, 1.807) is 6.92 Å². The SMILES string of the molecule is CCCC(=O)O.CCO.[Ti]. The Kier molecular flexibility index (Phi) is 26.7. The molecular weight excluding hydrogens is 168 g/mol. The summed E-state index contributed by atoms with van der Waals surface area (Å²) in [5.41, 5.74) is 0. The third kappa shape index (κ3) is 42.0. The zero-order valence-corrected chi connectivity index (χ0v) is 7.99. The van der Waals surface area contributed by atoms with E-state index in [0.717, 1.165) is 6.42 Å². The number of aliphatic carboxylic acids is 1. The van der Waals surface area contributed by atoms with Gasteiger partial charge in [-0.1, -0.05) is 6.92 Å². The minimum absolute atomic E-state index is 0. The molecule has 3 nitrogen and oxygen atoms in total. The molecule has 0 heterocycles. The number of carbonyl (C=O) groups is 1. The van der Waals surface area contributed by atoms with Crippen LogP contribution in [0.25, 0.3) is 0 Å². The van der Waals surface area contributed by atoms with Gasteiger partial charge < -0.3 is 10.2 Å². The van der Waals surface area contributed by atoms with Crippen molar-refractivity contribution in [3.63, 3.8) is 0 Å². The summed E-state index contributed by atoms with van der Waals surface area (Å²) in [5, 5.41) is 15.5. The molecule has 0 saturated heterocycles. The first kappa shape index (κ1) is 16.6. The van der Waals surface area contributed by atoms with Gasteiger partial charge in [-0.25, -0.2) is 0 Å². The molecule has 0 aliphatic heterocycles. The molecule has 10 heavy (non-hydrogen) atoms. The van der Waals surface area contributed by atoms with Gasteiger partial charge in [0.25, 0.3) is 0 Å². The van der Waals surface area contributed by atoms with Crippen molar-refractivity contribution in [1.29, 1.82) is 0 Å². The van der Waals surface area contributed by atoms with Gasteiger partial charge in [0.1, 0.15) is 0 Å². The maximum atomic E-state index is 9.60. The van der Waals surface area contributed by atoms with Crippen LogP contribution < -0.4 is 0 Å². The van der Waals surface area contributed by atoms with Gasteiger partial charge in [0.2, 0.25) is 0 Å². The maximum absolute atomic E-state index is 9.60. The monoisotopic (exact) mass is 182 g/mol. The molecule has 0 aliphatic carbocycles. The van der Waals surface area contributed by atoms with Gasteiger partial charge in [0.05, 0.1) is 0 Å². The zero-order valence-electron chi connectivity index (χ0n) is 6.42. The average molecular weight is 182 g/mol. The van der Waals surface area contributed by atoms with E-state index in [2.05, 4.69) is 0 Å². The Labute approximate surface area is 76.3 Å². The fourth-order valence-corrected chi connectivity index (χ4v) is 0.214. The average Bonchev–Trinajstić information content (AvgIpc) is 1.67. The molecule has 0 radical (unpaired) electrons. The van der Waals surface area contributed by atoms with E-state index in [1.807, 2.05) is 6.92 Å². The molecule has 0 aromatic rings. The minimum atomic E-state index is -0.711. The summed E-state index contributed by atoms with van der Waals surface area (Å²) in [4.78, 5) is 9.60. The second-order valence-corrected chi connectivity index (χ2v) is 1.46. The summed E-state index contributed by atoms with van der Waals surface area (Å²) in [6.07, 6.45) is 1.02. The van der Waals surface area contributed by atoms with Crippen LogP contribution in [0.1, 0.15) is 26.7 Å². The molecule has 0 rings (SSSR count). The van der Waals surface area contributed by atoms with Crippen molar-refractivity contribution in [1.82, 2.24) is 0 Å². The van der Waals surface area contributed by atoms with Crippen molar-refractivity contribution in [2.24, 2.45) is 0 Å². The Balaban J connectivity index is -0.000000107. The van der Waals surface area contributed by atoms with Crippen LogP contribution in [0, 0.1) is 0 Å². The van der Waals surface area contributed by atoms with Crippen LogP contribution in [0.4, 0.5) is 0 Å². The second-order valence-electron chi connectivity index (χ2n) is 1.46. The Morgan fingerprint density at radius 1 is 1.40 bits per heavy atom. The minimum Gasteiger partial charge on any atom is -0.481 e. The maximum Gasteiger partial charge on any atom is 0.303 e. The normalized spacial score (nSPS) is 6.70. The first-order valence-electron chi connectivity index (χ1n) is 3.01. The predicted octanol–water partition coefficient (Wildman–Crippen LogP) is 0.867. The number of carboxylic acids is 1. The summed E-state index contributed by atoms with van der Waals surface area (Å²) < 4.78 is 0. The van der Waals surface area contributed by atoms with Gasteiger partial charge in [-0.2, -0.15) is 0 Å². The fourth-order valence-electron chi connectivity index (χ4n) is 0.214. The number of rotatable bonds is 2. The van der Waals surface area contributed by atoms with Crippen molar-refractivity contribution in [3.8, 4) is 0 Å². The Bertz CT molecular complexity index is 66.0. The molecule has 0 aliphatic rings. The smallest absolute Gasteiger partial charge is 0.303 e. The van der Waals surface area contributed by atoms with Gasteiger partial charge in [-0.3, -0.25) is 4.79 Å². The predicted molar refractivity (Wildman–Crippen MR) is 35.3 cm³/mol. The molecule has 0 saturated carbocycles. The molecule has 0 unspecified atom stereocenters. The number of aliphatic hydroxyl groups excluding tert-OH is 1. The summed E-state index contributed by atoms with van der Waals surface area (Å²) in [5.74, 6) is -0.711. The molecule has 0 fully saturated rings. The topological polar surface area (TPSA) is 57.5 Å². The summed E-state index contributed by atoms with van der Waals surface area (Å²) in [7, 11) is 0. The third-order valence-electron chi connectivity index (χ3n) is 0.464. The van der Waals surface area contributed by atoms with E-state index in [9.17, 15) is 4.79 Å². The van der Waals surface area contributed by atoms with Crippen LogP contribution in [0.2, 0.25) is 0 Å². The van der Waals surface area contributed by atoms with E-state index < -0.39 is 5.97 Å². The van der Waals surface area contributed by atoms with Crippen LogP contribution in [-0.4, -0.2) is 22.8 Å². The number of carboxylic acid groups (broad SMARTS) is 1. The molecular formula is C6H14O3Ti. The van der Waals surface area contributed by atoms with Crippen LogP contribution >= 0.6 is 0 Å². The first-order valence-corrected chi connectivity index (χ1v) is 3.01. The van der Waals surface area contributed by atoms with Gasteiger partial charge in [0.15, 0.2) is 0 Å². The standard InChI is InChI=1S/C4H8O2.C2H6O.Ti/c1-2-3-4(5)6;1-2-3;/h2-3H2,1H3,(H,5,6);3H,2H2,1H3;. The number of hydrogen-bond donors (Lipinski definition) is 2. The van der Waals surface area contributed by atoms with Crippen LogP contribution in [0.5, 0.6) is 0 Å². The van der Waals surface area contributed by atoms with Crippen molar-refractivity contribution < 1.29 is 36.7 Å². The van der Waals surface area contributed by atoms with E-state index in [-0.39, 0.29) is 28.3 Å². The Morgan fingerprint density at radius 3 is 1.70 bits per heavy atom. The zero-order chi connectivity index (χ0) is 7.70. The second kappa shape index (κ2) is 16.1. The van der Waals surface area contributed by atoms with Crippen LogP contribution in [0.15, 0.2) is 0 Å². The Hall–Kier alpha value is 0.144. The van der Waals surface area contributed by atoms with E-state index in [4.69, 9.17) is 10.2 Å². The van der Waals surface area contributed by atoms with Crippen molar-refractivity contribution >= 4 is 5.97 Å². The number of aliphatic hydroxyl groups is 1. The molecule has 0 amide bonds. The Morgan fingerprint density at radius 2 is 1.70 bits per heavy atom. The molecule has 2 N–H and O–H groups in total. The molecule has 60 valence electrons. The van der Waals surface area contributed by atoms with Gasteiger partial charge in [0, 0.05) is 34.7 Å². The van der Waals surface area contributed by atoms with Gasteiger partial charge >= 0.3 is 5.97 Å². The van der Waals surface area contributed by atoms with Crippen molar-refractivity contribution in [3.05, 3.63) is 0 Å². The molecule has 4 heteroatoms. The van der Waals surface area contributed by atoms with Crippen LogP contribution in [0.3, 0.4) is 0 Å². The van der Waals surface area contributed by atoms with E-state index >= 15 is 0 Å². The molecule has 0 aromatic carbocycles. The quantitative estimate of drug-likeness (QED) is 0.623. The summed E-state index contributed by atoms with van der Waals surface area (Å²) in [6.45, 7) is 3.77. The molecule has 0 aromatic heterocycles. The summed E-state index contributed by atoms with van der Waals surface area (Å²) >= 11 is 0. The molecule has 0 bridgehead atoms. The fraction of sp³-hybridized carbons (Fsp3) is 0.833. The largest absolute Gasteiger partial charge is 0.481 e.